The van der Waals surface area contributed by atoms with Crippen LogP contribution in [0.3, 0.4) is 0 Å². The number of rotatable bonds is 4. The first-order valence-corrected chi connectivity index (χ1v) is 8.40. The van der Waals surface area contributed by atoms with E-state index in [-0.39, 0.29) is 11.2 Å². The van der Waals surface area contributed by atoms with Crippen LogP contribution in [0.4, 0.5) is 0 Å². The molecule has 2 aromatic rings. The minimum absolute atomic E-state index is 0.142. The molecule has 6 nitrogen and oxygen atoms in total. The van der Waals surface area contributed by atoms with Crippen LogP contribution in [0, 0.1) is 0 Å². The number of likely N-dealkylation sites (tertiary alicyclic amines) is 1. The Morgan fingerprint density at radius 2 is 2.14 bits per heavy atom. The van der Waals surface area contributed by atoms with E-state index >= 15 is 0 Å². The Morgan fingerprint density at radius 1 is 1.36 bits per heavy atom. The van der Waals surface area contributed by atoms with Crippen molar-refractivity contribution in [3.63, 3.8) is 0 Å². The molecule has 1 atom stereocenters. The van der Waals surface area contributed by atoms with Gasteiger partial charge in [-0.2, -0.15) is 4.68 Å². The lowest BCUT2D eigenvalue weighted by Crippen LogP contribution is -2.34. The molecule has 1 aromatic carbocycles. The Bertz CT molecular complexity index is 671. The molecule has 1 aliphatic rings. The summed E-state index contributed by atoms with van der Waals surface area (Å²) in [6, 6.07) is 7.29. The van der Waals surface area contributed by atoms with Gasteiger partial charge in [-0.15, -0.1) is 5.10 Å². The number of tetrazole rings is 1. The molecule has 0 bridgehead atoms. The van der Waals surface area contributed by atoms with E-state index in [1.165, 1.54) is 11.8 Å². The molecule has 1 unspecified atom stereocenters. The first kappa shape index (κ1) is 15.3. The van der Waals surface area contributed by atoms with Gasteiger partial charge < -0.3 is 4.90 Å². The van der Waals surface area contributed by atoms with Crippen molar-refractivity contribution in [1.29, 1.82) is 0 Å². The summed E-state index contributed by atoms with van der Waals surface area (Å²) in [4.78, 5) is 14.3. The first-order chi connectivity index (χ1) is 10.6. The molecule has 0 radical (unpaired) electrons. The zero-order valence-electron chi connectivity index (χ0n) is 12.1. The zero-order chi connectivity index (χ0) is 15.5. The average Bonchev–Trinajstić information content (AvgIpc) is 3.18. The molecule has 0 saturated carbocycles. The Kier molecular flexibility index (Phi) is 4.63. The predicted octanol–water partition coefficient (Wildman–Crippen LogP) is 2.42. The second-order valence-corrected chi connectivity index (χ2v) is 6.89. The summed E-state index contributed by atoms with van der Waals surface area (Å²) in [5.74, 6) is 0.142. The average molecular weight is 338 g/mol. The van der Waals surface area contributed by atoms with Crippen molar-refractivity contribution in [3.05, 3.63) is 29.3 Å². The summed E-state index contributed by atoms with van der Waals surface area (Å²) in [7, 11) is 0. The van der Waals surface area contributed by atoms with Crippen LogP contribution in [0.2, 0.25) is 5.02 Å². The molecule has 2 heterocycles. The number of thioether (sulfide) groups is 1. The molecule has 0 N–H and O–H groups in total. The van der Waals surface area contributed by atoms with E-state index in [4.69, 9.17) is 11.6 Å². The van der Waals surface area contributed by atoms with Crippen molar-refractivity contribution in [2.45, 2.75) is 30.2 Å². The van der Waals surface area contributed by atoms with Crippen molar-refractivity contribution in [3.8, 4) is 5.69 Å². The number of benzene rings is 1. The summed E-state index contributed by atoms with van der Waals surface area (Å²) >= 11 is 7.37. The van der Waals surface area contributed by atoms with Crippen molar-refractivity contribution in [2.24, 2.45) is 0 Å². The lowest BCUT2D eigenvalue weighted by Gasteiger charge is -2.19. The number of amides is 1. The molecular formula is C14H16ClN5OS. The maximum atomic E-state index is 12.4. The fourth-order valence-electron chi connectivity index (χ4n) is 2.43. The van der Waals surface area contributed by atoms with Crippen LogP contribution >= 0.6 is 23.4 Å². The Labute approximate surface area is 137 Å². The van der Waals surface area contributed by atoms with Gasteiger partial charge in [0.2, 0.25) is 11.1 Å². The zero-order valence-corrected chi connectivity index (χ0v) is 13.7. The molecule has 1 aliphatic heterocycles. The van der Waals surface area contributed by atoms with Gasteiger partial charge in [-0.3, -0.25) is 4.79 Å². The third-order valence-corrected chi connectivity index (χ3v) is 4.80. The van der Waals surface area contributed by atoms with Gasteiger partial charge in [0.05, 0.1) is 10.9 Å². The highest BCUT2D eigenvalue weighted by molar-refractivity contribution is 8.00. The van der Waals surface area contributed by atoms with Crippen LogP contribution in [-0.2, 0) is 4.79 Å². The first-order valence-electron chi connectivity index (χ1n) is 7.15. The Morgan fingerprint density at radius 3 is 2.86 bits per heavy atom. The standard InChI is InChI=1S/C14H16ClN5OS/c1-10(13(21)19-7-2-3-8-19)22-14-16-17-18-20(14)12-6-4-5-11(15)9-12/h4-6,9-10H,2-3,7-8H2,1H3. The lowest BCUT2D eigenvalue weighted by atomic mass is 10.3. The highest BCUT2D eigenvalue weighted by Crippen LogP contribution is 2.26. The number of halogens is 1. The molecular weight excluding hydrogens is 322 g/mol. The van der Waals surface area contributed by atoms with Crippen LogP contribution in [0.5, 0.6) is 0 Å². The summed E-state index contributed by atoms with van der Waals surface area (Å²) in [6.07, 6.45) is 2.17. The number of hydrogen-bond acceptors (Lipinski definition) is 5. The monoisotopic (exact) mass is 337 g/mol. The highest BCUT2D eigenvalue weighted by atomic mass is 35.5. The Balaban J connectivity index is 1.76. The van der Waals surface area contributed by atoms with Crippen molar-refractivity contribution in [2.75, 3.05) is 13.1 Å². The van der Waals surface area contributed by atoms with E-state index in [0.29, 0.717) is 10.2 Å². The molecule has 1 aromatic heterocycles. The van der Waals surface area contributed by atoms with E-state index in [1.807, 2.05) is 24.0 Å². The van der Waals surface area contributed by atoms with Crippen molar-refractivity contribution < 1.29 is 4.79 Å². The van der Waals surface area contributed by atoms with Crippen LogP contribution < -0.4 is 0 Å². The molecule has 0 aliphatic carbocycles. The number of aromatic nitrogens is 4. The van der Waals surface area contributed by atoms with Gasteiger partial charge >= 0.3 is 0 Å². The summed E-state index contributed by atoms with van der Waals surface area (Å²) < 4.78 is 1.60. The molecule has 8 heteroatoms. The van der Waals surface area contributed by atoms with Crippen molar-refractivity contribution in [1.82, 2.24) is 25.1 Å². The van der Waals surface area contributed by atoms with Gasteiger partial charge in [0.25, 0.3) is 0 Å². The smallest absolute Gasteiger partial charge is 0.235 e. The molecule has 1 amide bonds. The highest BCUT2D eigenvalue weighted by Gasteiger charge is 2.25. The SMILES string of the molecule is CC(Sc1nnnn1-c1cccc(Cl)c1)C(=O)N1CCCC1. The molecule has 0 spiro atoms. The summed E-state index contributed by atoms with van der Waals surface area (Å²) in [5.41, 5.74) is 0.779. The summed E-state index contributed by atoms with van der Waals surface area (Å²) in [6.45, 7) is 3.59. The molecule has 22 heavy (non-hydrogen) atoms. The van der Waals surface area contributed by atoms with E-state index in [1.54, 1.807) is 16.8 Å². The largest absolute Gasteiger partial charge is 0.342 e. The lowest BCUT2D eigenvalue weighted by molar-refractivity contribution is -0.129. The minimum atomic E-state index is -0.220. The van der Waals surface area contributed by atoms with E-state index in [2.05, 4.69) is 15.5 Å². The van der Waals surface area contributed by atoms with E-state index in [9.17, 15) is 4.79 Å². The predicted molar refractivity (Wildman–Crippen MR) is 85.3 cm³/mol. The van der Waals surface area contributed by atoms with Crippen LogP contribution in [0.25, 0.3) is 5.69 Å². The minimum Gasteiger partial charge on any atom is -0.342 e. The van der Waals surface area contributed by atoms with Crippen LogP contribution in [-0.4, -0.2) is 49.4 Å². The number of carbonyl (C=O) groups is 1. The molecule has 116 valence electrons. The van der Waals surface area contributed by atoms with E-state index < -0.39 is 0 Å². The molecule has 3 rings (SSSR count). The normalized spacial score (nSPS) is 16.0. The maximum Gasteiger partial charge on any atom is 0.235 e. The van der Waals surface area contributed by atoms with Gasteiger partial charge in [-0.05, 0) is 48.4 Å². The second kappa shape index (κ2) is 6.66. The van der Waals surface area contributed by atoms with Gasteiger partial charge in [0.1, 0.15) is 0 Å². The van der Waals surface area contributed by atoms with E-state index in [0.717, 1.165) is 31.6 Å². The van der Waals surface area contributed by atoms with Crippen molar-refractivity contribution >= 4 is 29.3 Å². The summed E-state index contributed by atoms with van der Waals surface area (Å²) in [5, 5.41) is 12.7. The van der Waals surface area contributed by atoms with Gasteiger partial charge in [-0.25, -0.2) is 0 Å². The maximum absolute atomic E-state index is 12.4. The topological polar surface area (TPSA) is 63.9 Å². The third kappa shape index (κ3) is 3.25. The molecule has 1 saturated heterocycles. The fraction of sp³-hybridized carbons (Fsp3) is 0.429. The number of carbonyl (C=O) groups excluding carboxylic acids is 1. The second-order valence-electron chi connectivity index (χ2n) is 5.15. The number of hydrogen-bond donors (Lipinski definition) is 0. The third-order valence-electron chi connectivity index (χ3n) is 3.54. The Hall–Kier alpha value is -1.60. The number of nitrogens with zero attached hydrogens (tertiary/aromatic N) is 5. The van der Waals surface area contributed by atoms with Crippen LogP contribution in [0.15, 0.2) is 29.4 Å². The van der Waals surface area contributed by atoms with Crippen LogP contribution in [0.1, 0.15) is 19.8 Å². The fourth-order valence-corrected chi connectivity index (χ4v) is 3.50. The quantitative estimate of drug-likeness (QED) is 0.802. The molecule has 1 fully saturated rings. The van der Waals surface area contributed by atoms with Gasteiger partial charge in [0, 0.05) is 18.1 Å². The van der Waals surface area contributed by atoms with Gasteiger partial charge in [0.15, 0.2) is 0 Å². The van der Waals surface area contributed by atoms with Gasteiger partial charge in [-0.1, -0.05) is 29.4 Å².